The molecule has 0 heterocycles. The van der Waals surface area contributed by atoms with Gasteiger partial charge < -0.3 is 10.6 Å². The Balaban J connectivity index is 2.42. The Labute approximate surface area is 99.2 Å². The van der Waals surface area contributed by atoms with Gasteiger partial charge in [-0.2, -0.15) is 0 Å². The molecule has 0 fully saturated rings. The van der Waals surface area contributed by atoms with E-state index in [1.165, 1.54) is 6.07 Å². The molecule has 0 aliphatic rings. The smallest absolute Gasteiger partial charge is 0.239 e. The summed E-state index contributed by atoms with van der Waals surface area (Å²) >= 11 is 0. The molecule has 1 amide bonds. The summed E-state index contributed by atoms with van der Waals surface area (Å²) in [5.41, 5.74) is -0.266. The lowest BCUT2D eigenvalue weighted by atomic mass is 10.3. The van der Waals surface area contributed by atoms with E-state index in [-0.39, 0.29) is 18.1 Å². The number of para-hydroxylation sites is 1. The fourth-order valence-corrected chi connectivity index (χ4v) is 1.30. The highest BCUT2D eigenvalue weighted by molar-refractivity contribution is 5.80. The standard InChI is InChI=1S/C12H16F2N2O/c1-2-3-7-15-11(17)8-16-12-9(13)5-4-6-10(12)14/h4-6,16H,2-3,7-8H2,1H3,(H,15,17). The molecular formula is C12H16F2N2O. The van der Waals surface area contributed by atoms with Crippen LogP contribution in [-0.2, 0) is 4.79 Å². The molecule has 0 radical (unpaired) electrons. The Morgan fingerprint density at radius 2 is 1.94 bits per heavy atom. The third-order valence-corrected chi connectivity index (χ3v) is 2.24. The van der Waals surface area contributed by atoms with Gasteiger partial charge in [-0.25, -0.2) is 8.78 Å². The topological polar surface area (TPSA) is 41.1 Å². The number of amides is 1. The summed E-state index contributed by atoms with van der Waals surface area (Å²) in [5.74, 6) is -1.68. The quantitative estimate of drug-likeness (QED) is 0.751. The van der Waals surface area contributed by atoms with E-state index in [9.17, 15) is 13.6 Å². The number of nitrogens with one attached hydrogen (secondary N) is 2. The summed E-state index contributed by atoms with van der Waals surface area (Å²) in [5, 5.41) is 5.09. The van der Waals surface area contributed by atoms with Gasteiger partial charge in [-0.3, -0.25) is 4.79 Å². The normalized spacial score (nSPS) is 10.1. The predicted octanol–water partition coefficient (Wildman–Crippen LogP) is 2.29. The van der Waals surface area contributed by atoms with Crippen LogP contribution in [0.2, 0.25) is 0 Å². The average Bonchev–Trinajstić information content (AvgIpc) is 2.29. The van der Waals surface area contributed by atoms with Crippen molar-refractivity contribution in [2.24, 2.45) is 0 Å². The van der Waals surface area contributed by atoms with Gasteiger partial charge in [0.05, 0.1) is 6.54 Å². The summed E-state index contributed by atoms with van der Waals surface area (Å²) < 4.78 is 26.3. The van der Waals surface area contributed by atoms with Crippen LogP contribution in [-0.4, -0.2) is 19.0 Å². The first-order chi connectivity index (χ1) is 8.15. The number of carbonyl (C=O) groups is 1. The molecule has 0 aliphatic carbocycles. The second-order valence-corrected chi connectivity index (χ2v) is 3.65. The average molecular weight is 242 g/mol. The number of halogens is 2. The van der Waals surface area contributed by atoms with Gasteiger partial charge in [0.25, 0.3) is 0 Å². The van der Waals surface area contributed by atoms with Crippen LogP contribution >= 0.6 is 0 Å². The van der Waals surface area contributed by atoms with Gasteiger partial charge in [0.15, 0.2) is 0 Å². The lowest BCUT2D eigenvalue weighted by Gasteiger charge is -2.08. The summed E-state index contributed by atoms with van der Waals surface area (Å²) in [6.07, 6.45) is 1.87. The second-order valence-electron chi connectivity index (χ2n) is 3.65. The van der Waals surface area contributed by atoms with Gasteiger partial charge >= 0.3 is 0 Å². The van der Waals surface area contributed by atoms with E-state index in [1.54, 1.807) is 0 Å². The Bertz CT molecular complexity index is 363. The van der Waals surface area contributed by atoms with E-state index in [2.05, 4.69) is 10.6 Å². The van der Waals surface area contributed by atoms with Gasteiger partial charge in [0.2, 0.25) is 5.91 Å². The zero-order valence-corrected chi connectivity index (χ0v) is 9.72. The molecule has 5 heteroatoms. The van der Waals surface area contributed by atoms with Gasteiger partial charge in [-0.1, -0.05) is 19.4 Å². The zero-order valence-electron chi connectivity index (χ0n) is 9.72. The van der Waals surface area contributed by atoms with E-state index in [0.29, 0.717) is 6.54 Å². The minimum Gasteiger partial charge on any atom is -0.371 e. The molecule has 17 heavy (non-hydrogen) atoms. The first-order valence-corrected chi connectivity index (χ1v) is 5.59. The SMILES string of the molecule is CCCCNC(=O)CNc1c(F)cccc1F. The first-order valence-electron chi connectivity index (χ1n) is 5.59. The molecular weight excluding hydrogens is 226 g/mol. The molecule has 0 aliphatic heterocycles. The Hall–Kier alpha value is -1.65. The van der Waals surface area contributed by atoms with Crippen molar-refractivity contribution >= 4 is 11.6 Å². The van der Waals surface area contributed by atoms with E-state index >= 15 is 0 Å². The number of anilines is 1. The van der Waals surface area contributed by atoms with Crippen molar-refractivity contribution in [3.05, 3.63) is 29.8 Å². The van der Waals surface area contributed by atoms with Gasteiger partial charge in [-0.15, -0.1) is 0 Å². The molecule has 0 spiro atoms. The van der Waals surface area contributed by atoms with Crippen LogP contribution in [0, 0.1) is 11.6 Å². The maximum absolute atomic E-state index is 13.2. The Morgan fingerprint density at radius 3 is 2.53 bits per heavy atom. The number of unbranched alkanes of at least 4 members (excludes halogenated alkanes) is 1. The van der Waals surface area contributed by atoms with Crippen LogP contribution in [0.5, 0.6) is 0 Å². The lowest BCUT2D eigenvalue weighted by molar-refractivity contribution is -0.119. The maximum atomic E-state index is 13.2. The summed E-state index contributed by atoms with van der Waals surface area (Å²) in [7, 11) is 0. The monoisotopic (exact) mass is 242 g/mol. The van der Waals surface area contributed by atoms with Crippen molar-refractivity contribution in [2.45, 2.75) is 19.8 Å². The number of hydrogen-bond donors (Lipinski definition) is 2. The summed E-state index contributed by atoms with van der Waals surface area (Å²) in [6, 6.07) is 3.55. The Morgan fingerprint density at radius 1 is 1.29 bits per heavy atom. The van der Waals surface area contributed by atoms with Crippen molar-refractivity contribution in [2.75, 3.05) is 18.4 Å². The van der Waals surface area contributed by atoms with Crippen LogP contribution in [0.15, 0.2) is 18.2 Å². The molecule has 1 aromatic carbocycles. The molecule has 0 aromatic heterocycles. The van der Waals surface area contributed by atoms with Crippen molar-refractivity contribution in [3.8, 4) is 0 Å². The molecule has 94 valence electrons. The minimum absolute atomic E-state index is 0.137. The number of carbonyl (C=O) groups excluding carboxylic acids is 1. The molecule has 0 bridgehead atoms. The molecule has 0 saturated carbocycles. The van der Waals surface area contributed by atoms with Crippen molar-refractivity contribution in [1.82, 2.24) is 5.32 Å². The van der Waals surface area contributed by atoms with E-state index < -0.39 is 11.6 Å². The maximum Gasteiger partial charge on any atom is 0.239 e. The number of hydrogen-bond acceptors (Lipinski definition) is 2. The Kier molecular flexibility index (Phi) is 5.39. The minimum atomic E-state index is -0.702. The molecule has 0 saturated heterocycles. The molecule has 0 atom stereocenters. The summed E-state index contributed by atoms with van der Waals surface area (Å²) in [4.78, 5) is 11.3. The highest BCUT2D eigenvalue weighted by atomic mass is 19.1. The van der Waals surface area contributed by atoms with Crippen LogP contribution in [0.4, 0.5) is 14.5 Å². The lowest BCUT2D eigenvalue weighted by Crippen LogP contribution is -2.30. The van der Waals surface area contributed by atoms with Gasteiger partial charge in [0.1, 0.15) is 17.3 Å². The van der Waals surface area contributed by atoms with Crippen molar-refractivity contribution in [1.29, 1.82) is 0 Å². The largest absolute Gasteiger partial charge is 0.371 e. The number of rotatable bonds is 6. The first kappa shape index (κ1) is 13.4. The van der Waals surface area contributed by atoms with Crippen molar-refractivity contribution in [3.63, 3.8) is 0 Å². The predicted molar refractivity (Wildman–Crippen MR) is 62.8 cm³/mol. The van der Waals surface area contributed by atoms with E-state index in [1.807, 2.05) is 6.92 Å². The molecule has 0 unspecified atom stereocenters. The summed E-state index contributed by atoms with van der Waals surface area (Å²) in [6.45, 7) is 2.46. The number of benzene rings is 1. The van der Waals surface area contributed by atoms with Gasteiger partial charge in [-0.05, 0) is 18.6 Å². The van der Waals surface area contributed by atoms with Crippen molar-refractivity contribution < 1.29 is 13.6 Å². The zero-order chi connectivity index (χ0) is 12.7. The molecule has 1 aromatic rings. The van der Waals surface area contributed by atoms with Crippen LogP contribution in [0.3, 0.4) is 0 Å². The highest BCUT2D eigenvalue weighted by Crippen LogP contribution is 2.17. The molecule has 2 N–H and O–H groups in total. The van der Waals surface area contributed by atoms with Crippen LogP contribution in [0.25, 0.3) is 0 Å². The van der Waals surface area contributed by atoms with E-state index in [4.69, 9.17) is 0 Å². The third kappa shape index (κ3) is 4.38. The molecule has 1 rings (SSSR count). The second kappa shape index (κ2) is 6.83. The fraction of sp³-hybridized carbons (Fsp3) is 0.417. The van der Waals surface area contributed by atoms with E-state index in [0.717, 1.165) is 25.0 Å². The van der Waals surface area contributed by atoms with Crippen LogP contribution < -0.4 is 10.6 Å². The van der Waals surface area contributed by atoms with Crippen LogP contribution in [0.1, 0.15) is 19.8 Å². The fourth-order valence-electron chi connectivity index (χ4n) is 1.30. The highest BCUT2D eigenvalue weighted by Gasteiger charge is 2.09. The third-order valence-electron chi connectivity index (χ3n) is 2.24. The van der Waals surface area contributed by atoms with Gasteiger partial charge in [0, 0.05) is 6.54 Å². The molecule has 3 nitrogen and oxygen atoms in total.